The van der Waals surface area contributed by atoms with Gasteiger partial charge in [0.15, 0.2) is 0 Å². The molecule has 0 radical (unpaired) electrons. The topological polar surface area (TPSA) is 41.9 Å². The highest BCUT2D eigenvalue weighted by Gasteiger charge is 2.25. The normalized spacial score (nSPS) is 16.1. The Morgan fingerprint density at radius 3 is 2.29 bits per heavy atom. The SMILES string of the molecule is COc1ccccc1C1CN(O)Cc2ccccc2O1.Cc1cccc(C)c1. The molecule has 0 fully saturated rings. The van der Waals surface area contributed by atoms with Crippen LogP contribution in [0.25, 0.3) is 0 Å². The zero-order valence-electron chi connectivity index (χ0n) is 16.6. The second-order valence-electron chi connectivity index (χ2n) is 6.96. The third kappa shape index (κ3) is 5.12. The van der Waals surface area contributed by atoms with E-state index in [1.165, 1.54) is 16.2 Å². The summed E-state index contributed by atoms with van der Waals surface area (Å²) in [6, 6.07) is 23.9. The summed E-state index contributed by atoms with van der Waals surface area (Å²) in [6.45, 7) is 5.07. The molecule has 4 nitrogen and oxygen atoms in total. The fourth-order valence-corrected chi connectivity index (χ4v) is 3.29. The molecule has 3 aromatic rings. The third-order valence-corrected chi connectivity index (χ3v) is 4.63. The van der Waals surface area contributed by atoms with Crippen LogP contribution < -0.4 is 9.47 Å². The van der Waals surface area contributed by atoms with E-state index in [1.54, 1.807) is 7.11 Å². The summed E-state index contributed by atoms with van der Waals surface area (Å²) in [4.78, 5) is 0. The summed E-state index contributed by atoms with van der Waals surface area (Å²) in [5, 5.41) is 11.3. The lowest BCUT2D eigenvalue weighted by atomic mass is 10.1. The molecular formula is C24H27NO3. The van der Waals surface area contributed by atoms with Gasteiger partial charge in [0.1, 0.15) is 17.6 Å². The number of nitrogens with zero attached hydrogens (tertiary/aromatic N) is 1. The Labute approximate surface area is 166 Å². The number of aryl methyl sites for hydroxylation is 2. The van der Waals surface area contributed by atoms with Gasteiger partial charge in [0.05, 0.1) is 20.2 Å². The van der Waals surface area contributed by atoms with Crippen molar-refractivity contribution in [3.63, 3.8) is 0 Å². The van der Waals surface area contributed by atoms with Crippen LogP contribution in [0.4, 0.5) is 0 Å². The first kappa shape index (κ1) is 19.9. The number of hydrogen-bond acceptors (Lipinski definition) is 4. The second kappa shape index (κ2) is 9.40. The van der Waals surface area contributed by atoms with Crippen molar-refractivity contribution >= 4 is 0 Å². The van der Waals surface area contributed by atoms with E-state index < -0.39 is 0 Å². The molecule has 1 heterocycles. The fourth-order valence-electron chi connectivity index (χ4n) is 3.29. The van der Waals surface area contributed by atoms with Gasteiger partial charge >= 0.3 is 0 Å². The van der Waals surface area contributed by atoms with Gasteiger partial charge in [-0.15, -0.1) is 0 Å². The van der Waals surface area contributed by atoms with Crippen molar-refractivity contribution in [2.45, 2.75) is 26.5 Å². The van der Waals surface area contributed by atoms with Gasteiger partial charge in [-0.25, -0.2) is 0 Å². The van der Waals surface area contributed by atoms with E-state index in [9.17, 15) is 5.21 Å². The Morgan fingerprint density at radius 1 is 0.929 bits per heavy atom. The first-order valence-electron chi connectivity index (χ1n) is 9.41. The Morgan fingerprint density at radius 2 is 1.61 bits per heavy atom. The van der Waals surface area contributed by atoms with Gasteiger partial charge in [-0.2, -0.15) is 5.06 Å². The summed E-state index contributed by atoms with van der Waals surface area (Å²) < 4.78 is 11.5. The number of benzene rings is 3. The number of para-hydroxylation sites is 2. The molecule has 0 saturated heterocycles. The standard InChI is InChI=1S/C16H17NO3.C8H10/c1-19-15-9-5-3-7-13(15)16-11-17(18)10-12-6-2-4-8-14(12)20-16;1-7-4-3-5-8(2)6-7/h2-9,16,18H,10-11H2,1H3;3-6H,1-2H3. The van der Waals surface area contributed by atoms with E-state index in [4.69, 9.17) is 9.47 Å². The minimum absolute atomic E-state index is 0.264. The number of methoxy groups -OCH3 is 1. The molecular weight excluding hydrogens is 350 g/mol. The number of fused-ring (bicyclic) bond motifs is 1. The van der Waals surface area contributed by atoms with Gasteiger partial charge in [-0.3, -0.25) is 0 Å². The molecule has 4 rings (SSSR count). The smallest absolute Gasteiger partial charge is 0.142 e. The highest BCUT2D eigenvalue weighted by molar-refractivity contribution is 5.39. The second-order valence-corrected chi connectivity index (χ2v) is 6.96. The minimum atomic E-state index is -0.264. The predicted octanol–water partition coefficient (Wildman–Crippen LogP) is 5.32. The largest absolute Gasteiger partial charge is 0.496 e. The Hall–Kier alpha value is -2.82. The Bertz CT molecular complexity index is 892. The maximum atomic E-state index is 10.0. The lowest BCUT2D eigenvalue weighted by molar-refractivity contribution is -0.112. The van der Waals surface area contributed by atoms with Gasteiger partial charge in [0.25, 0.3) is 0 Å². The number of rotatable bonds is 2. The average Bonchev–Trinajstić information content (AvgIpc) is 2.86. The van der Waals surface area contributed by atoms with E-state index in [0.29, 0.717) is 13.1 Å². The van der Waals surface area contributed by atoms with Crippen molar-refractivity contribution in [1.82, 2.24) is 5.06 Å². The molecule has 3 aromatic carbocycles. The number of hydroxylamine groups is 2. The molecule has 4 heteroatoms. The monoisotopic (exact) mass is 377 g/mol. The summed E-state index contributed by atoms with van der Waals surface area (Å²) in [7, 11) is 1.64. The van der Waals surface area contributed by atoms with Crippen LogP contribution in [0.15, 0.2) is 72.8 Å². The average molecular weight is 377 g/mol. The van der Waals surface area contributed by atoms with Gasteiger partial charge in [-0.1, -0.05) is 71.8 Å². The fraction of sp³-hybridized carbons (Fsp3) is 0.250. The molecule has 28 heavy (non-hydrogen) atoms. The molecule has 1 aliphatic rings. The first-order chi connectivity index (χ1) is 13.6. The summed E-state index contributed by atoms with van der Waals surface area (Å²) in [5.41, 5.74) is 4.59. The predicted molar refractivity (Wildman–Crippen MR) is 111 cm³/mol. The summed E-state index contributed by atoms with van der Waals surface area (Å²) in [5.74, 6) is 1.57. The zero-order chi connectivity index (χ0) is 19.9. The maximum Gasteiger partial charge on any atom is 0.142 e. The highest BCUT2D eigenvalue weighted by atomic mass is 16.5. The lowest BCUT2D eigenvalue weighted by Gasteiger charge is -2.21. The van der Waals surface area contributed by atoms with E-state index in [1.807, 2.05) is 48.5 Å². The zero-order valence-corrected chi connectivity index (χ0v) is 16.6. The van der Waals surface area contributed by atoms with Crippen LogP contribution >= 0.6 is 0 Å². The van der Waals surface area contributed by atoms with Gasteiger partial charge in [0.2, 0.25) is 0 Å². The minimum Gasteiger partial charge on any atom is -0.496 e. The number of ether oxygens (including phenoxy) is 2. The molecule has 0 bridgehead atoms. The Kier molecular flexibility index (Phi) is 6.69. The van der Waals surface area contributed by atoms with E-state index >= 15 is 0 Å². The van der Waals surface area contributed by atoms with Crippen LogP contribution in [0.3, 0.4) is 0 Å². The van der Waals surface area contributed by atoms with E-state index in [-0.39, 0.29) is 6.10 Å². The van der Waals surface area contributed by atoms with Crippen molar-refractivity contribution in [2.24, 2.45) is 0 Å². The van der Waals surface area contributed by atoms with E-state index in [0.717, 1.165) is 22.6 Å². The van der Waals surface area contributed by atoms with Crippen LogP contribution in [-0.2, 0) is 6.54 Å². The van der Waals surface area contributed by atoms with Crippen LogP contribution in [0.2, 0.25) is 0 Å². The molecule has 1 N–H and O–H groups in total. The van der Waals surface area contributed by atoms with Crippen LogP contribution in [0, 0.1) is 13.8 Å². The molecule has 0 amide bonds. The molecule has 146 valence electrons. The maximum absolute atomic E-state index is 10.0. The van der Waals surface area contributed by atoms with Crippen LogP contribution in [0.5, 0.6) is 11.5 Å². The molecule has 1 aliphatic heterocycles. The molecule has 1 atom stereocenters. The first-order valence-corrected chi connectivity index (χ1v) is 9.41. The van der Waals surface area contributed by atoms with Crippen molar-refractivity contribution in [1.29, 1.82) is 0 Å². The van der Waals surface area contributed by atoms with Crippen LogP contribution in [-0.4, -0.2) is 23.9 Å². The molecule has 0 aromatic heterocycles. The summed E-state index contributed by atoms with van der Waals surface area (Å²) >= 11 is 0. The molecule has 0 aliphatic carbocycles. The van der Waals surface area contributed by atoms with Crippen molar-refractivity contribution < 1.29 is 14.7 Å². The Balaban J connectivity index is 0.000000236. The molecule has 0 saturated carbocycles. The quantitative estimate of drug-likeness (QED) is 0.656. The van der Waals surface area contributed by atoms with Crippen molar-refractivity contribution in [3.8, 4) is 11.5 Å². The lowest BCUT2D eigenvalue weighted by Crippen LogP contribution is -2.25. The van der Waals surface area contributed by atoms with Crippen molar-refractivity contribution in [2.75, 3.05) is 13.7 Å². The molecule has 0 spiro atoms. The van der Waals surface area contributed by atoms with E-state index in [2.05, 4.69) is 38.1 Å². The van der Waals surface area contributed by atoms with Gasteiger partial charge in [-0.05, 0) is 26.0 Å². The van der Waals surface area contributed by atoms with Crippen molar-refractivity contribution in [3.05, 3.63) is 95.1 Å². The summed E-state index contributed by atoms with van der Waals surface area (Å²) in [6.07, 6.45) is -0.264. The number of hydrogen-bond donors (Lipinski definition) is 1. The van der Waals surface area contributed by atoms with Crippen LogP contribution in [0.1, 0.15) is 28.4 Å². The third-order valence-electron chi connectivity index (χ3n) is 4.63. The van der Waals surface area contributed by atoms with Gasteiger partial charge in [0, 0.05) is 11.1 Å². The molecule has 1 unspecified atom stereocenters. The highest BCUT2D eigenvalue weighted by Crippen LogP contribution is 2.34. The van der Waals surface area contributed by atoms with Gasteiger partial charge < -0.3 is 14.7 Å².